The number of fused-ring (bicyclic) bond motifs is 2. The Morgan fingerprint density at radius 3 is 2.82 bits per heavy atom. The highest BCUT2D eigenvalue weighted by atomic mass is 32.2. The molecule has 1 aliphatic rings. The second-order valence-electron chi connectivity index (χ2n) is 7.86. The van der Waals surface area contributed by atoms with Gasteiger partial charge in [-0.25, -0.2) is 4.79 Å². The number of nitrogens with one attached hydrogen (secondary N) is 2. The third kappa shape index (κ3) is 4.84. The van der Waals surface area contributed by atoms with Crippen molar-refractivity contribution in [2.24, 2.45) is 0 Å². The van der Waals surface area contributed by atoms with E-state index in [0.29, 0.717) is 27.9 Å². The second kappa shape index (κ2) is 10.1. The van der Waals surface area contributed by atoms with Crippen molar-refractivity contribution in [3.63, 3.8) is 0 Å². The van der Waals surface area contributed by atoms with Gasteiger partial charge in [0.05, 0.1) is 17.4 Å². The van der Waals surface area contributed by atoms with Crippen LogP contribution in [0.1, 0.15) is 66.5 Å². The predicted molar refractivity (Wildman–Crippen MR) is 128 cm³/mol. The van der Waals surface area contributed by atoms with Crippen molar-refractivity contribution in [2.75, 3.05) is 11.9 Å². The summed E-state index contributed by atoms with van der Waals surface area (Å²) in [6.45, 7) is 5.78. The van der Waals surface area contributed by atoms with Crippen molar-refractivity contribution < 1.29 is 14.3 Å². The number of nitrogens with zero attached hydrogens (tertiary/aromatic N) is 3. The number of thioether (sulfide) groups is 1. The van der Waals surface area contributed by atoms with Crippen molar-refractivity contribution in [1.29, 1.82) is 0 Å². The molecule has 33 heavy (non-hydrogen) atoms. The minimum Gasteiger partial charge on any atom is -0.462 e. The monoisotopic (exact) mass is 489 g/mol. The number of aromatic nitrogens is 4. The zero-order valence-corrected chi connectivity index (χ0v) is 20.5. The molecule has 0 aliphatic heterocycles. The molecule has 1 atom stereocenters. The summed E-state index contributed by atoms with van der Waals surface area (Å²) < 4.78 is 7.06. The van der Waals surface area contributed by atoms with E-state index in [1.165, 1.54) is 29.2 Å². The molecule has 11 heteroatoms. The molecular weight excluding hydrogens is 462 g/mol. The molecule has 0 saturated heterocycles. The standard InChI is InChI=1S/C22H27N5O4S2/c1-4-13-11-16(28)23-21-25-26-22(27(13)21)32-12(3)18(29)24-19-17(20(30)31-5-2)14-9-7-6-8-10-15(14)33-19/h11-12H,4-10H2,1-3H3,(H,24,29)(H,23,25,28). The van der Waals surface area contributed by atoms with Crippen molar-refractivity contribution >= 4 is 45.8 Å². The van der Waals surface area contributed by atoms with Crippen LogP contribution in [0.3, 0.4) is 0 Å². The van der Waals surface area contributed by atoms with Gasteiger partial charge < -0.3 is 10.1 Å². The van der Waals surface area contributed by atoms with Crippen molar-refractivity contribution in [1.82, 2.24) is 19.6 Å². The lowest BCUT2D eigenvalue weighted by molar-refractivity contribution is -0.115. The first-order chi connectivity index (χ1) is 15.9. The van der Waals surface area contributed by atoms with Gasteiger partial charge in [-0.1, -0.05) is 25.1 Å². The van der Waals surface area contributed by atoms with Crippen LogP contribution in [0.4, 0.5) is 5.00 Å². The lowest BCUT2D eigenvalue weighted by atomic mass is 10.1. The molecule has 4 rings (SSSR count). The Kier molecular flexibility index (Phi) is 7.18. The first-order valence-electron chi connectivity index (χ1n) is 11.2. The molecule has 3 aromatic heterocycles. The van der Waals surface area contributed by atoms with E-state index >= 15 is 0 Å². The van der Waals surface area contributed by atoms with Crippen molar-refractivity contribution in [2.45, 2.75) is 69.7 Å². The predicted octanol–water partition coefficient (Wildman–Crippen LogP) is 3.61. The quantitative estimate of drug-likeness (QED) is 0.296. The fourth-order valence-corrected chi connectivity index (χ4v) is 6.14. The summed E-state index contributed by atoms with van der Waals surface area (Å²) in [5, 5.41) is 11.7. The number of aryl methyl sites for hydroxylation is 2. The lowest BCUT2D eigenvalue weighted by Crippen LogP contribution is -2.24. The Balaban J connectivity index is 1.58. The molecule has 1 amide bonds. The normalized spacial score (nSPS) is 14.5. The van der Waals surface area contributed by atoms with E-state index in [1.807, 2.05) is 6.92 Å². The molecule has 9 nitrogen and oxygen atoms in total. The number of ether oxygens (including phenoxy) is 1. The van der Waals surface area contributed by atoms with Crippen LogP contribution < -0.4 is 10.9 Å². The van der Waals surface area contributed by atoms with Gasteiger partial charge >= 0.3 is 5.97 Å². The maximum Gasteiger partial charge on any atom is 0.341 e. The number of rotatable bonds is 7. The minimum absolute atomic E-state index is 0.235. The smallest absolute Gasteiger partial charge is 0.341 e. The minimum atomic E-state index is -0.508. The molecule has 2 N–H and O–H groups in total. The van der Waals surface area contributed by atoms with Crippen molar-refractivity contribution in [3.05, 3.63) is 38.1 Å². The zero-order chi connectivity index (χ0) is 23.5. The molecule has 0 aromatic carbocycles. The van der Waals surface area contributed by atoms with Gasteiger partial charge in [-0.3, -0.25) is 19.0 Å². The van der Waals surface area contributed by atoms with Crippen LogP contribution in [-0.2, 0) is 28.8 Å². The average molecular weight is 490 g/mol. The molecule has 176 valence electrons. The Morgan fingerprint density at radius 2 is 2.06 bits per heavy atom. The summed E-state index contributed by atoms with van der Waals surface area (Å²) in [5.41, 5.74) is 2.05. The molecule has 1 unspecified atom stereocenters. The van der Waals surface area contributed by atoms with Crippen molar-refractivity contribution in [3.8, 4) is 0 Å². The highest BCUT2D eigenvalue weighted by Crippen LogP contribution is 2.38. The van der Waals surface area contributed by atoms with E-state index in [-0.39, 0.29) is 24.0 Å². The maximum atomic E-state index is 13.1. The van der Waals surface area contributed by atoms with Crippen LogP contribution in [0.25, 0.3) is 5.78 Å². The van der Waals surface area contributed by atoms with Gasteiger partial charge in [0.25, 0.3) is 5.56 Å². The largest absolute Gasteiger partial charge is 0.462 e. The van der Waals surface area contributed by atoms with Gasteiger partial charge in [0, 0.05) is 16.6 Å². The second-order valence-corrected chi connectivity index (χ2v) is 10.3. The van der Waals surface area contributed by atoms with Crippen LogP contribution in [0.5, 0.6) is 0 Å². The van der Waals surface area contributed by atoms with Gasteiger partial charge in [0.1, 0.15) is 5.00 Å². The van der Waals surface area contributed by atoms with Gasteiger partial charge in [-0.05, 0) is 51.5 Å². The van der Waals surface area contributed by atoms with E-state index in [2.05, 4.69) is 20.5 Å². The first-order valence-corrected chi connectivity index (χ1v) is 12.9. The molecule has 0 fully saturated rings. The summed E-state index contributed by atoms with van der Waals surface area (Å²) >= 11 is 2.73. The van der Waals surface area contributed by atoms with E-state index in [1.54, 1.807) is 18.2 Å². The van der Waals surface area contributed by atoms with E-state index < -0.39 is 5.25 Å². The van der Waals surface area contributed by atoms with Gasteiger partial charge in [0.2, 0.25) is 11.7 Å². The SMILES string of the molecule is CCOC(=O)c1c(NC(=O)C(C)Sc2nnc3[nH]c(=O)cc(CC)n23)sc2c1CCCCC2. The fraction of sp³-hybridized carbons (Fsp3) is 0.500. The number of anilines is 1. The molecular formula is C22H27N5O4S2. The number of thiophene rings is 1. The summed E-state index contributed by atoms with van der Waals surface area (Å²) in [6.07, 6.45) is 5.60. The number of aromatic amines is 1. The number of hydrogen-bond donors (Lipinski definition) is 2. The topological polar surface area (TPSA) is 118 Å². The number of amides is 1. The van der Waals surface area contributed by atoms with Crippen LogP contribution in [0.2, 0.25) is 0 Å². The van der Waals surface area contributed by atoms with Crippen LogP contribution in [-0.4, -0.2) is 43.3 Å². The number of hydrogen-bond acceptors (Lipinski definition) is 8. The highest BCUT2D eigenvalue weighted by molar-refractivity contribution is 8.00. The molecule has 0 saturated carbocycles. The molecule has 0 bridgehead atoms. The van der Waals surface area contributed by atoms with Crippen LogP contribution in [0, 0.1) is 0 Å². The van der Waals surface area contributed by atoms with E-state index in [0.717, 1.165) is 48.2 Å². The maximum absolute atomic E-state index is 13.1. The Morgan fingerprint density at radius 1 is 1.27 bits per heavy atom. The fourth-order valence-electron chi connectivity index (χ4n) is 3.98. The Hall–Kier alpha value is -2.66. The Bertz CT molecular complexity index is 1250. The highest BCUT2D eigenvalue weighted by Gasteiger charge is 2.28. The molecule has 1 aliphatic carbocycles. The summed E-state index contributed by atoms with van der Waals surface area (Å²) in [6, 6.07) is 1.51. The lowest BCUT2D eigenvalue weighted by Gasteiger charge is -2.12. The third-order valence-corrected chi connectivity index (χ3v) is 7.85. The van der Waals surface area contributed by atoms with Gasteiger partial charge in [0.15, 0.2) is 5.16 Å². The van der Waals surface area contributed by atoms with Crippen LogP contribution >= 0.6 is 23.1 Å². The number of carbonyl (C=O) groups is 2. The first kappa shape index (κ1) is 23.5. The average Bonchev–Trinajstić information content (AvgIpc) is 3.25. The summed E-state index contributed by atoms with van der Waals surface area (Å²) in [5.74, 6) is -0.269. The zero-order valence-electron chi connectivity index (χ0n) is 18.9. The van der Waals surface area contributed by atoms with Gasteiger partial charge in [-0.2, -0.15) is 0 Å². The molecule has 0 radical (unpaired) electrons. The van der Waals surface area contributed by atoms with E-state index in [9.17, 15) is 14.4 Å². The molecule has 3 aromatic rings. The third-order valence-electron chi connectivity index (χ3n) is 5.60. The number of carbonyl (C=O) groups excluding carboxylic acids is 2. The van der Waals surface area contributed by atoms with Crippen LogP contribution in [0.15, 0.2) is 16.0 Å². The molecule has 3 heterocycles. The number of H-pyrrole nitrogens is 1. The summed E-state index contributed by atoms with van der Waals surface area (Å²) in [4.78, 5) is 41.5. The molecule has 0 spiro atoms. The van der Waals surface area contributed by atoms with E-state index in [4.69, 9.17) is 4.74 Å². The number of esters is 1. The van der Waals surface area contributed by atoms with Gasteiger partial charge in [-0.15, -0.1) is 21.5 Å². The summed E-state index contributed by atoms with van der Waals surface area (Å²) in [7, 11) is 0. The Labute approximate surface area is 199 Å².